The average Bonchev–Trinajstić information content (AvgIpc) is 3.27. The Morgan fingerprint density at radius 3 is 2.27 bits per heavy atom. The van der Waals surface area contributed by atoms with Crippen molar-refractivity contribution in [3.05, 3.63) is 82.9 Å². The number of anilines is 1. The first-order valence-corrected chi connectivity index (χ1v) is 11.0. The fourth-order valence-electron chi connectivity index (χ4n) is 3.35. The first-order chi connectivity index (χ1) is 16.0. The minimum Gasteiger partial charge on any atom is -0.454 e. The maximum absolute atomic E-state index is 13.1. The number of urea groups is 1. The number of benzene rings is 3. The second-order valence-electron chi connectivity index (χ2n) is 7.12. The highest BCUT2D eigenvalue weighted by atomic mass is 35.5. The van der Waals surface area contributed by atoms with Gasteiger partial charge in [0.15, 0.2) is 11.5 Å². The number of hydrogen-bond donors (Lipinski definition) is 1. The number of carbonyl (C=O) groups is 3. The monoisotopic (exact) mass is 478 g/mol. The Morgan fingerprint density at radius 2 is 1.55 bits per heavy atom. The summed E-state index contributed by atoms with van der Waals surface area (Å²) in [5.41, 5.74) is 0.772. The third kappa shape index (κ3) is 4.30. The largest absolute Gasteiger partial charge is 0.454 e. The number of barbiturate groups is 1. The Kier molecular flexibility index (Phi) is 5.53. The van der Waals surface area contributed by atoms with Crippen LogP contribution in [0.2, 0.25) is 5.02 Å². The second kappa shape index (κ2) is 8.65. The van der Waals surface area contributed by atoms with Gasteiger partial charge in [0.1, 0.15) is 5.57 Å². The first kappa shape index (κ1) is 21.1. The van der Waals surface area contributed by atoms with Gasteiger partial charge >= 0.3 is 6.03 Å². The molecule has 0 radical (unpaired) electrons. The molecule has 0 saturated carbocycles. The lowest BCUT2D eigenvalue weighted by Gasteiger charge is -2.26. The Morgan fingerprint density at radius 1 is 0.879 bits per heavy atom. The predicted octanol–water partition coefficient (Wildman–Crippen LogP) is 4.89. The molecule has 0 aliphatic carbocycles. The lowest BCUT2D eigenvalue weighted by Crippen LogP contribution is -2.54. The third-order valence-corrected chi connectivity index (χ3v) is 6.22. The summed E-state index contributed by atoms with van der Waals surface area (Å²) in [7, 11) is 0. The second-order valence-corrected chi connectivity index (χ2v) is 8.70. The van der Waals surface area contributed by atoms with E-state index in [1.165, 1.54) is 12.1 Å². The van der Waals surface area contributed by atoms with Gasteiger partial charge in [0.25, 0.3) is 11.8 Å². The van der Waals surface area contributed by atoms with E-state index in [0.29, 0.717) is 22.1 Å². The number of halogens is 1. The summed E-state index contributed by atoms with van der Waals surface area (Å²) in [4.78, 5) is 40.8. The molecule has 2 aliphatic rings. The maximum Gasteiger partial charge on any atom is 0.335 e. The van der Waals surface area contributed by atoms with Gasteiger partial charge in [-0.1, -0.05) is 35.5 Å². The highest BCUT2D eigenvalue weighted by molar-refractivity contribution is 7.99. The summed E-state index contributed by atoms with van der Waals surface area (Å²) >= 11 is 7.48. The number of nitrogens with one attached hydrogen (secondary N) is 1. The van der Waals surface area contributed by atoms with Crippen molar-refractivity contribution in [2.24, 2.45) is 0 Å². The molecule has 1 N–H and O–H groups in total. The van der Waals surface area contributed by atoms with E-state index in [1.807, 2.05) is 36.4 Å². The lowest BCUT2D eigenvalue weighted by atomic mass is 10.1. The van der Waals surface area contributed by atoms with E-state index >= 15 is 0 Å². The number of hydrogen-bond acceptors (Lipinski definition) is 6. The van der Waals surface area contributed by atoms with E-state index in [1.54, 1.807) is 36.0 Å². The summed E-state index contributed by atoms with van der Waals surface area (Å²) < 4.78 is 10.6. The quantitative estimate of drug-likeness (QED) is 0.424. The topological polar surface area (TPSA) is 84.9 Å². The van der Waals surface area contributed by atoms with Crippen LogP contribution in [0, 0.1) is 0 Å². The molecule has 1 fully saturated rings. The molecule has 164 valence electrons. The van der Waals surface area contributed by atoms with Crippen LogP contribution in [0.25, 0.3) is 6.08 Å². The van der Waals surface area contributed by atoms with Gasteiger partial charge in [-0.25, -0.2) is 9.69 Å². The van der Waals surface area contributed by atoms with Gasteiger partial charge in [-0.05, 0) is 60.2 Å². The van der Waals surface area contributed by atoms with Crippen LogP contribution in [-0.4, -0.2) is 24.6 Å². The summed E-state index contributed by atoms with van der Waals surface area (Å²) in [6.45, 7) is 0.0644. The van der Waals surface area contributed by atoms with Crippen molar-refractivity contribution >= 4 is 53.0 Å². The molecule has 2 heterocycles. The standard InChI is InChI=1S/C24H15ClN2O5S/c25-15-3-8-18(9-4-15)33-17-6-1-14(2-7-17)11-19-22(28)26-24(30)27(23(19)29)16-5-10-20-21(12-16)32-13-31-20/h1-12H,13H2,(H,26,28,30)/b19-11-. The number of imide groups is 2. The molecule has 0 spiro atoms. The average molecular weight is 479 g/mol. The van der Waals surface area contributed by atoms with Gasteiger partial charge in [-0.3, -0.25) is 14.9 Å². The number of rotatable bonds is 4. The van der Waals surface area contributed by atoms with Crippen molar-refractivity contribution in [2.75, 3.05) is 11.7 Å². The highest BCUT2D eigenvalue weighted by Gasteiger charge is 2.37. The van der Waals surface area contributed by atoms with E-state index in [4.69, 9.17) is 21.1 Å². The normalized spacial score (nSPS) is 16.3. The van der Waals surface area contributed by atoms with Crippen molar-refractivity contribution in [3.63, 3.8) is 0 Å². The Hall–Kier alpha value is -3.75. The van der Waals surface area contributed by atoms with Gasteiger partial charge in [0.2, 0.25) is 6.79 Å². The molecule has 0 aromatic heterocycles. The Bertz CT molecular complexity index is 1310. The minimum atomic E-state index is -0.823. The number of ether oxygens (including phenoxy) is 2. The summed E-state index contributed by atoms with van der Waals surface area (Å²) in [5, 5.41) is 2.89. The van der Waals surface area contributed by atoms with Crippen LogP contribution in [-0.2, 0) is 9.59 Å². The number of nitrogens with zero attached hydrogens (tertiary/aromatic N) is 1. The molecule has 3 aromatic carbocycles. The fourth-order valence-corrected chi connectivity index (χ4v) is 4.30. The minimum absolute atomic E-state index is 0.0644. The molecule has 5 rings (SSSR count). The van der Waals surface area contributed by atoms with Crippen molar-refractivity contribution in [2.45, 2.75) is 9.79 Å². The molecule has 1 saturated heterocycles. The van der Waals surface area contributed by atoms with Crippen LogP contribution < -0.4 is 19.7 Å². The molecule has 7 nitrogen and oxygen atoms in total. The van der Waals surface area contributed by atoms with Crippen LogP contribution in [0.4, 0.5) is 10.5 Å². The molecule has 0 bridgehead atoms. The zero-order valence-electron chi connectivity index (χ0n) is 16.9. The van der Waals surface area contributed by atoms with Gasteiger partial charge in [0.05, 0.1) is 5.69 Å². The Balaban J connectivity index is 1.39. The van der Waals surface area contributed by atoms with Gasteiger partial charge in [-0.15, -0.1) is 0 Å². The molecule has 0 atom stereocenters. The summed E-state index contributed by atoms with van der Waals surface area (Å²) in [6, 6.07) is 18.7. The molecule has 3 aromatic rings. The van der Waals surface area contributed by atoms with E-state index in [9.17, 15) is 14.4 Å². The molecular weight excluding hydrogens is 464 g/mol. The smallest absolute Gasteiger partial charge is 0.335 e. The molecule has 0 unspecified atom stereocenters. The van der Waals surface area contributed by atoms with Crippen LogP contribution in [0.15, 0.2) is 82.1 Å². The predicted molar refractivity (Wildman–Crippen MR) is 124 cm³/mol. The zero-order valence-corrected chi connectivity index (χ0v) is 18.5. The number of amides is 4. The maximum atomic E-state index is 13.1. The number of carbonyl (C=O) groups excluding carboxylic acids is 3. The molecular formula is C24H15ClN2O5S. The van der Waals surface area contributed by atoms with E-state index < -0.39 is 17.8 Å². The fraction of sp³-hybridized carbons (Fsp3) is 0.0417. The van der Waals surface area contributed by atoms with Crippen LogP contribution >= 0.6 is 23.4 Å². The number of fused-ring (bicyclic) bond motifs is 1. The zero-order chi connectivity index (χ0) is 22.9. The van der Waals surface area contributed by atoms with E-state index in [0.717, 1.165) is 14.7 Å². The van der Waals surface area contributed by atoms with Crippen molar-refractivity contribution in [1.82, 2.24) is 5.32 Å². The first-order valence-electron chi connectivity index (χ1n) is 9.82. The lowest BCUT2D eigenvalue weighted by molar-refractivity contribution is -0.122. The highest BCUT2D eigenvalue weighted by Crippen LogP contribution is 2.36. The Labute approximate surface area is 197 Å². The molecule has 4 amide bonds. The molecule has 9 heteroatoms. The van der Waals surface area contributed by atoms with Crippen molar-refractivity contribution in [1.29, 1.82) is 0 Å². The molecule has 2 aliphatic heterocycles. The van der Waals surface area contributed by atoms with Crippen LogP contribution in [0.1, 0.15) is 5.56 Å². The molecule has 33 heavy (non-hydrogen) atoms. The summed E-state index contributed by atoms with van der Waals surface area (Å²) in [5.74, 6) is -0.528. The van der Waals surface area contributed by atoms with Crippen molar-refractivity contribution in [3.8, 4) is 11.5 Å². The van der Waals surface area contributed by atoms with Crippen molar-refractivity contribution < 1.29 is 23.9 Å². The summed E-state index contributed by atoms with van der Waals surface area (Å²) in [6.07, 6.45) is 1.46. The van der Waals surface area contributed by atoms with Gasteiger partial charge in [0, 0.05) is 20.9 Å². The van der Waals surface area contributed by atoms with Crippen LogP contribution in [0.3, 0.4) is 0 Å². The van der Waals surface area contributed by atoms with Crippen LogP contribution in [0.5, 0.6) is 11.5 Å². The third-order valence-electron chi connectivity index (χ3n) is 4.96. The van der Waals surface area contributed by atoms with Gasteiger partial charge < -0.3 is 9.47 Å². The van der Waals surface area contributed by atoms with E-state index in [2.05, 4.69) is 5.32 Å². The van der Waals surface area contributed by atoms with Gasteiger partial charge in [-0.2, -0.15) is 0 Å². The van der Waals surface area contributed by atoms with E-state index in [-0.39, 0.29) is 18.1 Å². The SMILES string of the molecule is O=C1NC(=O)N(c2ccc3c(c2)OCO3)C(=O)/C1=C\c1ccc(Sc2ccc(Cl)cc2)cc1.